The van der Waals surface area contributed by atoms with Crippen molar-refractivity contribution in [2.75, 3.05) is 20.3 Å². The SMILES string of the molecule is COc1cc(C(O)C(O)CCNC(=O)OCC2c3ccccc3-c3ccccc32)ccc1O. The number of rotatable bonds is 8. The molecule has 7 nitrogen and oxygen atoms in total. The van der Waals surface area contributed by atoms with Crippen LogP contribution in [0, 0.1) is 0 Å². The van der Waals surface area contributed by atoms with Crippen LogP contribution in [0.15, 0.2) is 66.7 Å². The van der Waals surface area contributed by atoms with Crippen molar-refractivity contribution in [3.05, 3.63) is 83.4 Å². The summed E-state index contributed by atoms with van der Waals surface area (Å²) in [4.78, 5) is 12.2. The number of carbonyl (C=O) groups excluding carboxylic acids is 1. The summed E-state index contributed by atoms with van der Waals surface area (Å²) < 4.78 is 10.5. The first-order chi connectivity index (χ1) is 16.0. The Kier molecular flexibility index (Phi) is 6.82. The van der Waals surface area contributed by atoms with E-state index in [-0.39, 0.29) is 37.0 Å². The fourth-order valence-electron chi connectivity index (χ4n) is 4.23. The van der Waals surface area contributed by atoms with Gasteiger partial charge in [0, 0.05) is 12.5 Å². The van der Waals surface area contributed by atoms with E-state index in [1.807, 2.05) is 24.3 Å². The molecule has 2 atom stereocenters. The van der Waals surface area contributed by atoms with Gasteiger partial charge in [-0.15, -0.1) is 0 Å². The van der Waals surface area contributed by atoms with Crippen LogP contribution >= 0.6 is 0 Å². The first-order valence-electron chi connectivity index (χ1n) is 10.8. The van der Waals surface area contributed by atoms with E-state index in [4.69, 9.17) is 9.47 Å². The van der Waals surface area contributed by atoms with Gasteiger partial charge in [-0.05, 0) is 46.4 Å². The second-order valence-electron chi connectivity index (χ2n) is 7.98. The number of alkyl carbamates (subject to hydrolysis) is 1. The lowest BCUT2D eigenvalue weighted by atomic mass is 9.98. The fraction of sp³-hybridized carbons (Fsp3) is 0.269. The van der Waals surface area contributed by atoms with E-state index in [0.717, 1.165) is 22.3 Å². The summed E-state index contributed by atoms with van der Waals surface area (Å²) >= 11 is 0. The Morgan fingerprint density at radius 3 is 2.27 bits per heavy atom. The van der Waals surface area contributed by atoms with Crippen LogP contribution in [0.4, 0.5) is 4.79 Å². The van der Waals surface area contributed by atoms with Crippen molar-refractivity contribution in [1.82, 2.24) is 5.32 Å². The highest BCUT2D eigenvalue weighted by Gasteiger charge is 2.29. The molecule has 0 saturated heterocycles. The minimum atomic E-state index is -1.19. The minimum Gasteiger partial charge on any atom is -0.504 e. The maximum Gasteiger partial charge on any atom is 0.407 e. The fourth-order valence-corrected chi connectivity index (χ4v) is 4.23. The Labute approximate surface area is 192 Å². The number of phenolic OH excluding ortho intramolecular Hbond substituents is 1. The quantitative estimate of drug-likeness (QED) is 0.417. The molecule has 3 aromatic rings. The van der Waals surface area contributed by atoms with Gasteiger partial charge in [0.25, 0.3) is 0 Å². The predicted molar refractivity (Wildman–Crippen MR) is 123 cm³/mol. The third-order valence-electron chi connectivity index (χ3n) is 5.96. The molecule has 4 rings (SSSR count). The number of methoxy groups -OCH3 is 1. The molecule has 2 unspecified atom stereocenters. The van der Waals surface area contributed by atoms with Crippen LogP contribution in [0.5, 0.6) is 11.5 Å². The number of ether oxygens (including phenoxy) is 2. The number of fused-ring (bicyclic) bond motifs is 3. The van der Waals surface area contributed by atoms with Gasteiger partial charge in [0.05, 0.1) is 13.2 Å². The molecule has 172 valence electrons. The summed E-state index contributed by atoms with van der Waals surface area (Å²) in [5.74, 6) is 0.121. The molecule has 1 amide bonds. The number of benzene rings is 3. The van der Waals surface area contributed by atoms with Crippen LogP contribution in [-0.2, 0) is 4.74 Å². The van der Waals surface area contributed by atoms with Gasteiger partial charge in [0.1, 0.15) is 12.7 Å². The van der Waals surface area contributed by atoms with Crippen LogP contribution in [0.2, 0.25) is 0 Å². The van der Waals surface area contributed by atoms with Gasteiger partial charge in [-0.1, -0.05) is 54.6 Å². The first kappa shape index (κ1) is 22.6. The van der Waals surface area contributed by atoms with Crippen LogP contribution in [0.3, 0.4) is 0 Å². The number of amides is 1. The number of hydrogen-bond acceptors (Lipinski definition) is 6. The van der Waals surface area contributed by atoms with E-state index in [2.05, 4.69) is 29.6 Å². The zero-order valence-electron chi connectivity index (χ0n) is 18.3. The highest BCUT2D eigenvalue weighted by molar-refractivity contribution is 5.79. The van der Waals surface area contributed by atoms with Gasteiger partial charge in [-0.2, -0.15) is 0 Å². The van der Waals surface area contributed by atoms with Crippen molar-refractivity contribution in [2.45, 2.75) is 24.5 Å². The van der Waals surface area contributed by atoms with Gasteiger partial charge in [-0.3, -0.25) is 0 Å². The number of nitrogens with one attached hydrogen (secondary N) is 1. The van der Waals surface area contributed by atoms with E-state index in [9.17, 15) is 20.1 Å². The summed E-state index contributed by atoms with van der Waals surface area (Å²) in [6, 6.07) is 20.6. The number of phenols is 1. The molecule has 0 spiro atoms. The van der Waals surface area contributed by atoms with E-state index >= 15 is 0 Å². The van der Waals surface area contributed by atoms with Crippen molar-refractivity contribution in [3.63, 3.8) is 0 Å². The summed E-state index contributed by atoms with van der Waals surface area (Å²) in [7, 11) is 1.40. The maximum atomic E-state index is 12.2. The van der Waals surface area contributed by atoms with E-state index in [0.29, 0.717) is 5.56 Å². The highest BCUT2D eigenvalue weighted by atomic mass is 16.5. The lowest BCUT2D eigenvalue weighted by molar-refractivity contribution is 0.0135. The first-order valence-corrected chi connectivity index (χ1v) is 10.8. The predicted octanol–water partition coefficient (Wildman–Crippen LogP) is 3.72. The van der Waals surface area contributed by atoms with E-state index in [1.165, 1.54) is 25.3 Å². The molecular formula is C26H27NO6. The lowest BCUT2D eigenvalue weighted by Crippen LogP contribution is -2.30. The van der Waals surface area contributed by atoms with Gasteiger partial charge >= 0.3 is 6.09 Å². The molecule has 3 aromatic carbocycles. The average Bonchev–Trinajstić information content (AvgIpc) is 3.16. The number of aromatic hydroxyl groups is 1. The topological polar surface area (TPSA) is 108 Å². The summed E-state index contributed by atoms with van der Waals surface area (Å²) in [5, 5.41) is 33.0. The van der Waals surface area contributed by atoms with Crippen LogP contribution in [0.1, 0.15) is 35.1 Å². The van der Waals surface area contributed by atoms with E-state index in [1.54, 1.807) is 0 Å². The van der Waals surface area contributed by atoms with Crippen molar-refractivity contribution >= 4 is 6.09 Å². The Balaban J connectivity index is 1.28. The monoisotopic (exact) mass is 449 g/mol. The molecule has 0 bridgehead atoms. The minimum absolute atomic E-state index is 0.0277. The Hall–Kier alpha value is -3.55. The molecule has 0 aliphatic heterocycles. The molecule has 0 aromatic heterocycles. The molecule has 1 aliphatic carbocycles. The number of aliphatic hydroxyl groups excluding tert-OH is 2. The largest absolute Gasteiger partial charge is 0.504 e. The third kappa shape index (κ3) is 4.79. The molecule has 0 saturated carbocycles. The van der Waals surface area contributed by atoms with Gasteiger partial charge in [0.2, 0.25) is 0 Å². The van der Waals surface area contributed by atoms with Crippen LogP contribution in [0.25, 0.3) is 11.1 Å². The lowest BCUT2D eigenvalue weighted by Gasteiger charge is -2.19. The summed E-state index contributed by atoms with van der Waals surface area (Å²) in [6.45, 7) is 0.336. The standard InChI is InChI=1S/C26H27NO6/c1-32-24-14-16(10-11-22(24)28)25(30)23(29)12-13-27-26(31)33-15-21-19-8-4-2-6-17(19)18-7-3-5-9-20(18)21/h2-11,14,21,23,25,28-30H,12-13,15H2,1H3,(H,27,31). The van der Waals surface area contributed by atoms with Crippen LogP contribution in [-0.4, -0.2) is 47.8 Å². The Bertz CT molecular complexity index is 1090. The van der Waals surface area contributed by atoms with Crippen molar-refractivity contribution in [2.24, 2.45) is 0 Å². The second-order valence-corrected chi connectivity index (χ2v) is 7.98. The molecule has 7 heteroatoms. The Morgan fingerprint density at radius 1 is 1.00 bits per heavy atom. The molecule has 1 aliphatic rings. The normalized spacial score (nSPS) is 14.2. The molecular weight excluding hydrogens is 422 g/mol. The summed E-state index contributed by atoms with van der Waals surface area (Å²) in [5.41, 5.74) is 4.98. The second kappa shape index (κ2) is 9.94. The van der Waals surface area contributed by atoms with Gasteiger partial charge in [-0.25, -0.2) is 4.79 Å². The third-order valence-corrected chi connectivity index (χ3v) is 5.96. The van der Waals surface area contributed by atoms with Crippen molar-refractivity contribution in [3.8, 4) is 22.6 Å². The molecule has 0 heterocycles. The number of aliphatic hydroxyl groups is 2. The Morgan fingerprint density at radius 2 is 1.64 bits per heavy atom. The maximum absolute atomic E-state index is 12.2. The van der Waals surface area contributed by atoms with Crippen molar-refractivity contribution in [1.29, 1.82) is 0 Å². The van der Waals surface area contributed by atoms with Gasteiger partial charge < -0.3 is 30.1 Å². The number of carbonyl (C=O) groups is 1. The van der Waals surface area contributed by atoms with Crippen molar-refractivity contribution < 1.29 is 29.6 Å². The van der Waals surface area contributed by atoms with Gasteiger partial charge in [0.15, 0.2) is 11.5 Å². The zero-order chi connectivity index (χ0) is 23.4. The van der Waals surface area contributed by atoms with E-state index < -0.39 is 18.3 Å². The number of hydrogen-bond donors (Lipinski definition) is 4. The van der Waals surface area contributed by atoms with Crippen LogP contribution < -0.4 is 10.1 Å². The molecule has 0 radical (unpaired) electrons. The smallest absolute Gasteiger partial charge is 0.407 e. The average molecular weight is 450 g/mol. The zero-order valence-corrected chi connectivity index (χ0v) is 18.3. The summed E-state index contributed by atoms with van der Waals surface area (Å²) in [6.07, 6.45) is -2.77. The molecule has 0 fully saturated rings. The molecule has 33 heavy (non-hydrogen) atoms. The highest BCUT2D eigenvalue weighted by Crippen LogP contribution is 2.44. The molecule has 4 N–H and O–H groups in total.